The number of amides is 4. The van der Waals surface area contributed by atoms with Crippen LogP contribution in [-0.2, 0) is 14.4 Å². The molecule has 3 N–H and O–H groups in total. The van der Waals surface area contributed by atoms with Crippen LogP contribution in [0.25, 0.3) is 0 Å². The van der Waals surface area contributed by atoms with Crippen LogP contribution in [0.5, 0.6) is 0 Å². The Balaban J connectivity index is 1.21. The normalized spacial score (nSPS) is 17.3. The third kappa shape index (κ3) is 6.19. The number of hydrogen-bond donors (Lipinski definition) is 3. The molecule has 4 rings (SSSR count). The van der Waals surface area contributed by atoms with Gasteiger partial charge in [0.2, 0.25) is 11.8 Å². The van der Waals surface area contributed by atoms with Crippen LogP contribution in [0, 0.1) is 0 Å². The van der Waals surface area contributed by atoms with Gasteiger partial charge >= 0.3 is 0 Å². The van der Waals surface area contributed by atoms with Crippen molar-refractivity contribution in [3.8, 4) is 0 Å². The monoisotopic (exact) mass is 480 g/mol. The maximum absolute atomic E-state index is 12.4. The molecule has 2 aliphatic heterocycles. The second kappa shape index (κ2) is 10.9. The molecule has 2 aromatic rings. The lowest BCUT2D eigenvalue weighted by Gasteiger charge is -2.16. The highest BCUT2D eigenvalue weighted by Crippen LogP contribution is 2.29. The van der Waals surface area contributed by atoms with Crippen molar-refractivity contribution in [3.63, 3.8) is 0 Å². The number of carbonyl (C=O) groups excluding carboxylic acids is 4. The van der Waals surface area contributed by atoms with E-state index in [-0.39, 0.29) is 30.7 Å². The van der Waals surface area contributed by atoms with E-state index in [2.05, 4.69) is 30.8 Å². The first kappa shape index (κ1) is 23.4. The second-order valence-corrected chi connectivity index (χ2v) is 9.01. The molecular formula is C23H24N6O4S. The van der Waals surface area contributed by atoms with Crippen molar-refractivity contribution < 1.29 is 19.2 Å². The van der Waals surface area contributed by atoms with Crippen molar-refractivity contribution in [1.29, 1.82) is 0 Å². The largest absolute Gasteiger partial charge is 0.351 e. The molecule has 4 amide bonds. The van der Waals surface area contributed by atoms with E-state index in [1.807, 2.05) is 0 Å². The zero-order valence-corrected chi connectivity index (χ0v) is 19.1. The standard InChI is InChI=1S/C23H24N6O4S/c30-19(12-18-22(33)28-23(34-18)29-10-1-2-11-29)26-16-7-5-15(6-8-16)21(32)25-14-20(31)27-17-4-3-9-24-13-17/h3-9,13,18H,1-2,10-12,14H2,(H,25,32)(H,26,30)(H,27,31). The first-order valence-corrected chi connectivity index (χ1v) is 11.8. The lowest BCUT2D eigenvalue weighted by Crippen LogP contribution is -2.32. The van der Waals surface area contributed by atoms with E-state index >= 15 is 0 Å². The predicted octanol–water partition coefficient (Wildman–Crippen LogP) is 1.87. The van der Waals surface area contributed by atoms with Gasteiger partial charge in [0.15, 0.2) is 5.17 Å². The summed E-state index contributed by atoms with van der Waals surface area (Å²) in [5, 5.41) is 8.12. The summed E-state index contributed by atoms with van der Waals surface area (Å²) >= 11 is 1.35. The van der Waals surface area contributed by atoms with Crippen LogP contribution < -0.4 is 16.0 Å². The van der Waals surface area contributed by atoms with Crippen molar-refractivity contribution in [2.24, 2.45) is 4.99 Å². The molecule has 0 saturated carbocycles. The smallest absolute Gasteiger partial charge is 0.262 e. The fourth-order valence-electron chi connectivity index (χ4n) is 3.54. The number of nitrogens with zero attached hydrogens (tertiary/aromatic N) is 3. The number of rotatable bonds is 7. The molecule has 1 atom stereocenters. The van der Waals surface area contributed by atoms with Crippen LogP contribution in [0.15, 0.2) is 53.8 Å². The number of thioether (sulfide) groups is 1. The number of hydrogen-bond acceptors (Lipinski definition) is 7. The Morgan fingerprint density at radius 2 is 1.74 bits per heavy atom. The highest BCUT2D eigenvalue weighted by Gasteiger charge is 2.33. The van der Waals surface area contributed by atoms with Crippen molar-refractivity contribution in [2.45, 2.75) is 24.5 Å². The van der Waals surface area contributed by atoms with Gasteiger partial charge in [0.1, 0.15) is 5.25 Å². The van der Waals surface area contributed by atoms with Gasteiger partial charge in [-0.1, -0.05) is 11.8 Å². The van der Waals surface area contributed by atoms with E-state index in [1.54, 1.807) is 42.6 Å². The number of aliphatic imine (C=N–C) groups is 1. The Kier molecular flexibility index (Phi) is 7.53. The number of nitrogens with one attached hydrogen (secondary N) is 3. The Morgan fingerprint density at radius 3 is 2.44 bits per heavy atom. The predicted molar refractivity (Wildman–Crippen MR) is 130 cm³/mol. The summed E-state index contributed by atoms with van der Waals surface area (Å²) in [5.74, 6) is -1.37. The van der Waals surface area contributed by atoms with Crippen LogP contribution >= 0.6 is 11.8 Å². The van der Waals surface area contributed by atoms with Gasteiger partial charge in [0, 0.05) is 37.0 Å². The lowest BCUT2D eigenvalue weighted by atomic mass is 10.2. The molecule has 176 valence electrons. The number of likely N-dealkylation sites (tertiary alicyclic amines) is 1. The molecule has 0 bridgehead atoms. The number of anilines is 2. The summed E-state index contributed by atoms with van der Waals surface area (Å²) in [4.78, 5) is 58.9. The van der Waals surface area contributed by atoms with E-state index < -0.39 is 11.2 Å². The van der Waals surface area contributed by atoms with Gasteiger partial charge in [-0.05, 0) is 49.2 Å². The number of amidine groups is 1. The molecule has 1 aromatic carbocycles. The number of aromatic nitrogens is 1. The minimum Gasteiger partial charge on any atom is -0.351 e. The first-order chi connectivity index (χ1) is 16.5. The molecular weight excluding hydrogens is 456 g/mol. The van der Waals surface area contributed by atoms with Gasteiger partial charge in [0.05, 0.1) is 18.4 Å². The maximum atomic E-state index is 12.4. The average molecular weight is 481 g/mol. The van der Waals surface area contributed by atoms with Gasteiger partial charge in [-0.15, -0.1) is 0 Å². The van der Waals surface area contributed by atoms with Crippen molar-refractivity contribution in [2.75, 3.05) is 30.3 Å². The third-order valence-corrected chi connectivity index (χ3v) is 6.48. The summed E-state index contributed by atoms with van der Waals surface area (Å²) in [6, 6.07) is 9.68. The summed E-state index contributed by atoms with van der Waals surface area (Å²) < 4.78 is 0. The Labute approximate surface area is 200 Å². The van der Waals surface area contributed by atoms with Gasteiger partial charge < -0.3 is 20.9 Å². The van der Waals surface area contributed by atoms with Gasteiger partial charge in [-0.2, -0.15) is 4.99 Å². The van der Waals surface area contributed by atoms with Gasteiger partial charge in [-0.25, -0.2) is 0 Å². The molecule has 1 saturated heterocycles. The van der Waals surface area contributed by atoms with Crippen molar-refractivity contribution in [3.05, 3.63) is 54.4 Å². The minimum absolute atomic E-state index is 0.0264. The average Bonchev–Trinajstić information content (AvgIpc) is 3.49. The van der Waals surface area contributed by atoms with Crippen molar-refractivity contribution >= 4 is 51.9 Å². The molecule has 0 aliphatic carbocycles. The van der Waals surface area contributed by atoms with Crippen LogP contribution in [0.1, 0.15) is 29.6 Å². The SMILES string of the molecule is O=C(CNC(=O)c1ccc(NC(=O)CC2SC(N3CCCC3)=NC2=O)cc1)Nc1cccnc1. The van der Waals surface area contributed by atoms with Crippen LogP contribution in [0.4, 0.5) is 11.4 Å². The zero-order chi connectivity index (χ0) is 23.9. The summed E-state index contributed by atoms with van der Waals surface area (Å²) in [5.41, 5.74) is 1.39. The molecule has 10 nitrogen and oxygen atoms in total. The lowest BCUT2D eigenvalue weighted by molar-refractivity contribution is -0.121. The van der Waals surface area contributed by atoms with Crippen LogP contribution in [0.3, 0.4) is 0 Å². The number of pyridine rings is 1. The van der Waals surface area contributed by atoms with E-state index in [9.17, 15) is 19.2 Å². The summed E-state index contributed by atoms with van der Waals surface area (Å²) in [6.07, 6.45) is 5.31. The van der Waals surface area contributed by atoms with Crippen molar-refractivity contribution in [1.82, 2.24) is 15.2 Å². The zero-order valence-electron chi connectivity index (χ0n) is 18.3. The molecule has 0 spiro atoms. The van der Waals surface area contributed by atoms with Crippen LogP contribution in [0.2, 0.25) is 0 Å². The maximum Gasteiger partial charge on any atom is 0.262 e. The Hall–Kier alpha value is -3.73. The molecule has 11 heteroatoms. The molecule has 3 heterocycles. The van der Waals surface area contributed by atoms with Gasteiger partial charge in [-0.3, -0.25) is 24.2 Å². The van der Waals surface area contributed by atoms with E-state index in [0.29, 0.717) is 22.1 Å². The molecule has 0 radical (unpaired) electrons. The van der Waals surface area contributed by atoms with E-state index in [0.717, 1.165) is 25.9 Å². The molecule has 1 unspecified atom stereocenters. The summed E-state index contributed by atoms with van der Waals surface area (Å²) in [6.45, 7) is 1.60. The highest BCUT2D eigenvalue weighted by atomic mass is 32.2. The Bertz CT molecular complexity index is 1100. The second-order valence-electron chi connectivity index (χ2n) is 7.84. The fourth-order valence-corrected chi connectivity index (χ4v) is 4.66. The van der Waals surface area contributed by atoms with E-state index in [1.165, 1.54) is 18.0 Å². The molecule has 1 fully saturated rings. The van der Waals surface area contributed by atoms with Crippen LogP contribution in [-0.4, -0.2) is 63.6 Å². The first-order valence-electron chi connectivity index (χ1n) is 10.9. The molecule has 2 aliphatic rings. The molecule has 34 heavy (non-hydrogen) atoms. The molecule has 1 aromatic heterocycles. The summed E-state index contributed by atoms with van der Waals surface area (Å²) in [7, 11) is 0. The van der Waals surface area contributed by atoms with Gasteiger partial charge in [0.25, 0.3) is 11.8 Å². The number of carbonyl (C=O) groups is 4. The minimum atomic E-state index is -0.515. The third-order valence-electron chi connectivity index (χ3n) is 5.26. The Morgan fingerprint density at radius 1 is 1.00 bits per heavy atom. The number of benzene rings is 1. The fraction of sp³-hybridized carbons (Fsp3) is 0.304. The quantitative estimate of drug-likeness (QED) is 0.551. The highest BCUT2D eigenvalue weighted by molar-refractivity contribution is 8.15. The topological polar surface area (TPSA) is 133 Å². The van der Waals surface area contributed by atoms with E-state index in [4.69, 9.17) is 0 Å².